The Balaban J connectivity index is 1.52. The normalized spacial score (nSPS) is 19.5. The summed E-state index contributed by atoms with van der Waals surface area (Å²) >= 11 is 3.62. The average molecular weight is 477 g/mol. The fraction of sp³-hybridized carbons (Fsp3) is 0.269. The molecule has 2 aliphatic rings. The molecule has 0 aliphatic carbocycles. The molecule has 0 spiro atoms. The summed E-state index contributed by atoms with van der Waals surface area (Å²) in [7, 11) is 0. The molecule has 0 fully saturated rings. The van der Waals surface area contributed by atoms with Crippen molar-refractivity contribution in [2.45, 2.75) is 45.6 Å². The van der Waals surface area contributed by atoms with Gasteiger partial charge in [-0.15, -0.1) is 0 Å². The van der Waals surface area contributed by atoms with Crippen LogP contribution in [0.4, 0.5) is 0 Å². The van der Waals surface area contributed by atoms with E-state index in [-0.39, 0.29) is 18.4 Å². The first-order chi connectivity index (χ1) is 15.0. The van der Waals surface area contributed by atoms with Crippen LogP contribution in [0.1, 0.15) is 54.8 Å². The minimum Gasteiger partial charge on any atom is -0.491 e. The first kappa shape index (κ1) is 20.1. The maximum atomic E-state index is 6.45. The second-order valence-corrected chi connectivity index (χ2v) is 9.32. The van der Waals surface area contributed by atoms with E-state index in [0.29, 0.717) is 0 Å². The Morgan fingerprint density at radius 2 is 1.77 bits per heavy atom. The number of hydrogen-bond acceptors (Lipinski definition) is 4. The van der Waals surface area contributed by atoms with Crippen LogP contribution in [0.3, 0.4) is 0 Å². The van der Waals surface area contributed by atoms with Gasteiger partial charge in [0.15, 0.2) is 0 Å². The van der Waals surface area contributed by atoms with Gasteiger partial charge < -0.3 is 9.47 Å². The van der Waals surface area contributed by atoms with Gasteiger partial charge in [-0.2, -0.15) is 5.10 Å². The summed E-state index contributed by atoms with van der Waals surface area (Å²) in [6, 6.07) is 23.1. The van der Waals surface area contributed by atoms with Crippen LogP contribution in [-0.4, -0.2) is 16.8 Å². The van der Waals surface area contributed by atoms with Crippen LogP contribution in [0.15, 0.2) is 76.3 Å². The van der Waals surface area contributed by atoms with Crippen molar-refractivity contribution in [1.82, 2.24) is 5.01 Å². The van der Waals surface area contributed by atoms with Crippen molar-refractivity contribution in [2.75, 3.05) is 0 Å². The molecule has 2 unspecified atom stereocenters. The fourth-order valence-electron chi connectivity index (χ4n) is 4.18. The predicted molar refractivity (Wildman–Crippen MR) is 127 cm³/mol. The molecule has 0 N–H and O–H groups in total. The van der Waals surface area contributed by atoms with Gasteiger partial charge in [0.2, 0.25) is 6.23 Å². The van der Waals surface area contributed by atoms with E-state index in [1.807, 2.05) is 38.1 Å². The van der Waals surface area contributed by atoms with Crippen molar-refractivity contribution in [1.29, 1.82) is 0 Å². The van der Waals surface area contributed by atoms with E-state index in [9.17, 15) is 0 Å². The molecule has 158 valence electrons. The second kappa shape index (κ2) is 8.04. The zero-order valence-corrected chi connectivity index (χ0v) is 19.5. The highest BCUT2D eigenvalue weighted by Gasteiger charge is 2.41. The number of rotatable bonds is 4. The third kappa shape index (κ3) is 3.94. The van der Waals surface area contributed by atoms with Crippen molar-refractivity contribution >= 4 is 21.6 Å². The summed E-state index contributed by atoms with van der Waals surface area (Å²) in [5.74, 6) is 1.80. The van der Waals surface area contributed by atoms with Gasteiger partial charge in [-0.25, -0.2) is 5.01 Å². The Hall–Kier alpha value is -2.79. The third-order valence-electron chi connectivity index (χ3n) is 5.67. The standard InChI is InChI=1S/C26H25BrN2O2/c1-16(2)30-21-11-8-18(9-12-21)23-15-24-22-14-20(27)10-13-25(22)31-26(29(24)28-23)19-6-4-17(3)5-7-19/h4-14,16,24,26H,15H2,1-3H3. The smallest absolute Gasteiger partial charge is 0.213 e. The lowest BCUT2D eigenvalue weighted by molar-refractivity contribution is -0.0190. The van der Waals surface area contributed by atoms with Crippen LogP contribution in [0.25, 0.3) is 0 Å². The zero-order valence-electron chi connectivity index (χ0n) is 17.9. The summed E-state index contributed by atoms with van der Waals surface area (Å²) < 4.78 is 13.3. The number of benzene rings is 3. The monoisotopic (exact) mass is 476 g/mol. The lowest BCUT2D eigenvalue weighted by Gasteiger charge is -2.38. The highest BCUT2D eigenvalue weighted by molar-refractivity contribution is 9.10. The van der Waals surface area contributed by atoms with Crippen LogP contribution >= 0.6 is 15.9 Å². The molecule has 0 bridgehead atoms. The van der Waals surface area contributed by atoms with Crippen molar-refractivity contribution in [3.63, 3.8) is 0 Å². The van der Waals surface area contributed by atoms with Crippen LogP contribution < -0.4 is 9.47 Å². The van der Waals surface area contributed by atoms with Gasteiger partial charge in [0.05, 0.1) is 17.9 Å². The van der Waals surface area contributed by atoms with E-state index in [4.69, 9.17) is 14.6 Å². The van der Waals surface area contributed by atoms with Gasteiger partial charge in [0.1, 0.15) is 11.5 Å². The summed E-state index contributed by atoms with van der Waals surface area (Å²) in [6.07, 6.45) is 0.742. The number of nitrogens with zero attached hydrogens (tertiary/aromatic N) is 2. The first-order valence-corrected chi connectivity index (χ1v) is 11.4. The number of halogens is 1. The van der Waals surface area contributed by atoms with Crippen molar-refractivity contribution in [3.8, 4) is 11.5 Å². The minimum atomic E-state index is -0.250. The molecule has 0 saturated carbocycles. The van der Waals surface area contributed by atoms with Crippen molar-refractivity contribution in [2.24, 2.45) is 5.10 Å². The van der Waals surface area contributed by atoms with Crippen molar-refractivity contribution < 1.29 is 9.47 Å². The Morgan fingerprint density at radius 3 is 2.48 bits per heavy atom. The Morgan fingerprint density at radius 1 is 1.03 bits per heavy atom. The van der Waals surface area contributed by atoms with E-state index in [1.165, 1.54) is 5.56 Å². The molecule has 0 radical (unpaired) electrons. The molecule has 4 nitrogen and oxygen atoms in total. The number of hydrazone groups is 1. The quantitative estimate of drug-likeness (QED) is 0.415. The van der Waals surface area contributed by atoms with Gasteiger partial charge >= 0.3 is 0 Å². The lowest BCUT2D eigenvalue weighted by Crippen LogP contribution is -2.33. The lowest BCUT2D eigenvalue weighted by atomic mass is 9.96. The summed E-state index contributed by atoms with van der Waals surface area (Å²) in [6.45, 7) is 6.17. The van der Waals surface area contributed by atoms with Crippen LogP contribution in [0.5, 0.6) is 11.5 Å². The van der Waals surface area contributed by atoms with Gasteiger partial charge in [-0.1, -0.05) is 45.8 Å². The Kier molecular flexibility index (Phi) is 5.22. The largest absolute Gasteiger partial charge is 0.491 e. The molecule has 5 rings (SSSR count). The molecular weight excluding hydrogens is 452 g/mol. The van der Waals surface area contributed by atoms with Crippen molar-refractivity contribution in [3.05, 3.63) is 93.5 Å². The van der Waals surface area contributed by atoms with E-state index < -0.39 is 0 Å². The molecule has 2 atom stereocenters. The molecule has 2 aliphatic heterocycles. The second-order valence-electron chi connectivity index (χ2n) is 8.40. The van der Waals surface area contributed by atoms with Crippen LogP contribution in [-0.2, 0) is 0 Å². The molecule has 0 saturated heterocycles. The van der Waals surface area contributed by atoms with Gasteiger partial charge in [0.25, 0.3) is 0 Å². The SMILES string of the molecule is Cc1ccc(C2Oc3ccc(Br)cc3C3CC(c4ccc(OC(C)C)cc4)=NN32)cc1. The molecular formula is C26H25BrN2O2. The van der Waals surface area contributed by atoms with Gasteiger partial charge in [0, 0.05) is 22.0 Å². The molecule has 0 amide bonds. The Labute approximate surface area is 191 Å². The molecule has 3 aromatic carbocycles. The Bertz CT molecular complexity index is 1120. The summed E-state index contributed by atoms with van der Waals surface area (Å²) in [5, 5.41) is 7.17. The highest BCUT2D eigenvalue weighted by atomic mass is 79.9. The number of fused-ring (bicyclic) bond motifs is 3. The highest BCUT2D eigenvalue weighted by Crippen LogP contribution is 2.48. The molecule has 0 aromatic heterocycles. The topological polar surface area (TPSA) is 34.1 Å². The number of aryl methyl sites for hydroxylation is 1. The maximum absolute atomic E-state index is 6.45. The minimum absolute atomic E-state index is 0.133. The maximum Gasteiger partial charge on any atom is 0.213 e. The summed E-state index contributed by atoms with van der Waals surface area (Å²) in [4.78, 5) is 0. The van der Waals surface area contributed by atoms with Gasteiger partial charge in [-0.3, -0.25) is 0 Å². The first-order valence-electron chi connectivity index (χ1n) is 10.6. The zero-order chi connectivity index (χ0) is 21.5. The predicted octanol–water partition coefficient (Wildman–Crippen LogP) is 6.79. The molecule has 5 heteroatoms. The fourth-order valence-corrected chi connectivity index (χ4v) is 4.56. The van der Waals surface area contributed by atoms with E-state index in [0.717, 1.165) is 44.8 Å². The molecule has 3 aromatic rings. The third-order valence-corrected chi connectivity index (χ3v) is 6.17. The van der Waals surface area contributed by atoms with E-state index >= 15 is 0 Å². The van der Waals surface area contributed by atoms with Crippen LogP contribution in [0, 0.1) is 6.92 Å². The van der Waals surface area contributed by atoms with E-state index in [2.05, 4.69) is 70.3 Å². The molecule has 31 heavy (non-hydrogen) atoms. The number of hydrogen-bond donors (Lipinski definition) is 0. The average Bonchev–Trinajstić information content (AvgIpc) is 3.20. The van der Waals surface area contributed by atoms with E-state index in [1.54, 1.807) is 0 Å². The summed E-state index contributed by atoms with van der Waals surface area (Å²) in [5.41, 5.74) is 5.68. The van der Waals surface area contributed by atoms with Crippen LogP contribution in [0.2, 0.25) is 0 Å². The number of ether oxygens (including phenoxy) is 2. The molecule has 2 heterocycles. The van der Waals surface area contributed by atoms with Gasteiger partial charge in [-0.05, 0) is 68.8 Å².